The van der Waals surface area contributed by atoms with Crippen LogP contribution < -0.4 is 4.74 Å². The van der Waals surface area contributed by atoms with Crippen LogP contribution in [0.25, 0.3) is 0 Å². The Balaban J connectivity index is 1.97. The number of aryl methyl sites for hydroxylation is 2. The normalized spacial score (nSPS) is 15.7. The van der Waals surface area contributed by atoms with Gasteiger partial charge in [-0.2, -0.15) is 0 Å². The topological polar surface area (TPSA) is 42.6 Å². The summed E-state index contributed by atoms with van der Waals surface area (Å²) in [6.07, 6.45) is 2.12. The van der Waals surface area contributed by atoms with Crippen molar-refractivity contribution in [1.82, 2.24) is 0 Å². The molecule has 3 heteroatoms. The van der Waals surface area contributed by atoms with Crippen LogP contribution in [0.1, 0.15) is 42.1 Å². The number of para-hydroxylation sites is 1. The Morgan fingerprint density at radius 1 is 1.26 bits per heavy atom. The van der Waals surface area contributed by atoms with Gasteiger partial charge in [-0.15, -0.1) is 0 Å². The van der Waals surface area contributed by atoms with E-state index in [1.807, 2.05) is 31.2 Å². The minimum absolute atomic E-state index is 0.583. The fraction of sp³-hybridized carbons (Fsp3) is 0.375. The number of hydrogen-bond donors (Lipinski definition) is 1. The lowest BCUT2D eigenvalue weighted by atomic mass is 9.98. The van der Waals surface area contributed by atoms with Crippen LogP contribution in [0.2, 0.25) is 0 Å². The van der Waals surface area contributed by atoms with Gasteiger partial charge < -0.3 is 14.3 Å². The molecule has 0 amide bonds. The van der Waals surface area contributed by atoms with Crippen LogP contribution in [0, 0.1) is 0 Å². The molecule has 0 bridgehead atoms. The van der Waals surface area contributed by atoms with Crippen molar-refractivity contribution in [3.05, 3.63) is 53.0 Å². The van der Waals surface area contributed by atoms with Gasteiger partial charge in [0.1, 0.15) is 23.4 Å². The molecule has 0 aliphatic carbocycles. The average Bonchev–Trinajstić information content (AvgIpc) is 2.95. The molecule has 19 heavy (non-hydrogen) atoms. The molecule has 1 atom stereocenters. The maximum absolute atomic E-state index is 10.5. The predicted molar refractivity (Wildman–Crippen MR) is 72.4 cm³/mol. The highest BCUT2D eigenvalue weighted by molar-refractivity contribution is 5.45. The lowest BCUT2D eigenvalue weighted by molar-refractivity contribution is 0.178. The van der Waals surface area contributed by atoms with Crippen molar-refractivity contribution in [3.63, 3.8) is 0 Å². The summed E-state index contributed by atoms with van der Waals surface area (Å²) in [6, 6.07) is 9.68. The smallest absolute Gasteiger partial charge is 0.140 e. The second-order valence-electron chi connectivity index (χ2n) is 4.85. The molecule has 1 N–H and O–H groups in total. The van der Waals surface area contributed by atoms with E-state index in [9.17, 15) is 5.11 Å². The number of fused-ring (bicyclic) bond motifs is 1. The maximum Gasteiger partial charge on any atom is 0.140 e. The fourth-order valence-corrected chi connectivity index (χ4v) is 2.51. The third kappa shape index (κ3) is 2.26. The summed E-state index contributed by atoms with van der Waals surface area (Å²) < 4.78 is 11.4. The SMILES string of the molecule is CCc1ccc(C(O)c2cccc3c2OCCC3)o1. The van der Waals surface area contributed by atoms with Crippen molar-refractivity contribution in [1.29, 1.82) is 0 Å². The van der Waals surface area contributed by atoms with Gasteiger partial charge >= 0.3 is 0 Å². The van der Waals surface area contributed by atoms with E-state index < -0.39 is 6.10 Å². The van der Waals surface area contributed by atoms with Crippen LogP contribution in [0.15, 0.2) is 34.7 Å². The standard InChI is InChI=1S/C16H18O3/c1-2-12-8-9-14(19-12)15(17)13-7-3-5-11-6-4-10-18-16(11)13/h3,5,7-9,15,17H,2,4,6,10H2,1H3. The molecule has 1 aliphatic rings. The summed E-state index contributed by atoms with van der Waals surface area (Å²) in [5, 5.41) is 10.5. The Morgan fingerprint density at radius 2 is 2.16 bits per heavy atom. The van der Waals surface area contributed by atoms with Crippen LogP contribution in [-0.4, -0.2) is 11.7 Å². The number of hydrogen-bond acceptors (Lipinski definition) is 3. The quantitative estimate of drug-likeness (QED) is 0.919. The number of rotatable bonds is 3. The summed E-state index contributed by atoms with van der Waals surface area (Å²) in [7, 11) is 0. The molecule has 3 rings (SSSR count). The zero-order chi connectivity index (χ0) is 13.2. The summed E-state index contributed by atoms with van der Waals surface area (Å²) in [6.45, 7) is 2.75. The maximum atomic E-state index is 10.5. The molecule has 0 spiro atoms. The van der Waals surface area contributed by atoms with Gasteiger partial charge in [-0.25, -0.2) is 0 Å². The molecule has 1 aromatic carbocycles. The van der Waals surface area contributed by atoms with Gasteiger partial charge in [-0.3, -0.25) is 0 Å². The van der Waals surface area contributed by atoms with E-state index in [0.29, 0.717) is 5.76 Å². The van der Waals surface area contributed by atoms with Crippen molar-refractivity contribution in [2.45, 2.75) is 32.3 Å². The number of ether oxygens (including phenoxy) is 1. The molecule has 100 valence electrons. The van der Waals surface area contributed by atoms with E-state index >= 15 is 0 Å². The van der Waals surface area contributed by atoms with Crippen LogP contribution in [0.5, 0.6) is 5.75 Å². The van der Waals surface area contributed by atoms with Crippen molar-refractivity contribution < 1.29 is 14.3 Å². The molecular formula is C16H18O3. The minimum Gasteiger partial charge on any atom is -0.493 e. The summed E-state index contributed by atoms with van der Waals surface area (Å²) in [4.78, 5) is 0. The van der Waals surface area contributed by atoms with Crippen molar-refractivity contribution in [2.24, 2.45) is 0 Å². The van der Waals surface area contributed by atoms with E-state index in [-0.39, 0.29) is 0 Å². The van der Waals surface area contributed by atoms with Crippen molar-refractivity contribution in [2.75, 3.05) is 6.61 Å². The van der Waals surface area contributed by atoms with Crippen molar-refractivity contribution in [3.8, 4) is 5.75 Å². The molecule has 2 aromatic rings. The molecule has 1 aromatic heterocycles. The highest BCUT2D eigenvalue weighted by Crippen LogP contribution is 2.36. The van der Waals surface area contributed by atoms with Crippen LogP contribution in [-0.2, 0) is 12.8 Å². The van der Waals surface area contributed by atoms with Gasteiger partial charge in [-0.05, 0) is 30.5 Å². The molecule has 0 radical (unpaired) electrons. The first-order chi connectivity index (χ1) is 9.29. The van der Waals surface area contributed by atoms with Crippen LogP contribution in [0.4, 0.5) is 0 Å². The van der Waals surface area contributed by atoms with E-state index in [1.54, 1.807) is 0 Å². The molecule has 2 heterocycles. The zero-order valence-electron chi connectivity index (χ0n) is 11.1. The monoisotopic (exact) mass is 258 g/mol. The molecule has 0 saturated carbocycles. The van der Waals surface area contributed by atoms with Gasteiger partial charge in [0.15, 0.2) is 0 Å². The molecule has 1 aliphatic heterocycles. The summed E-state index contributed by atoms with van der Waals surface area (Å²) in [5.74, 6) is 2.30. The second kappa shape index (κ2) is 5.10. The number of aliphatic hydroxyl groups excluding tert-OH is 1. The predicted octanol–water partition coefficient (Wildman–Crippen LogP) is 3.25. The highest BCUT2D eigenvalue weighted by atomic mass is 16.5. The third-order valence-corrected chi connectivity index (χ3v) is 3.56. The Bertz CT molecular complexity index is 571. The van der Waals surface area contributed by atoms with E-state index in [2.05, 4.69) is 6.07 Å². The molecule has 0 fully saturated rings. The lowest BCUT2D eigenvalue weighted by Gasteiger charge is -2.22. The van der Waals surface area contributed by atoms with E-state index in [1.165, 1.54) is 5.56 Å². The van der Waals surface area contributed by atoms with Crippen LogP contribution in [0.3, 0.4) is 0 Å². The number of furan rings is 1. The van der Waals surface area contributed by atoms with Crippen molar-refractivity contribution >= 4 is 0 Å². The minimum atomic E-state index is -0.756. The lowest BCUT2D eigenvalue weighted by Crippen LogP contribution is -2.12. The number of aliphatic hydroxyl groups is 1. The average molecular weight is 258 g/mol. The number of benzene rings is 1. The van der Waals surface area contributed by atoms with Gasteiger partial charge in [0.25, 0.3) is 0 Å². The Hall–Kier alpha value is -1.74. The van der Waals surface area contributed by atoms with Gasteiger partial charge in [0.05, 0.1) is 6.61 Å². The van der Waals surface area contributed by atoms with Gasteiger partial charge in [0, 0.05) is 12.0 Å². The molecular weight excluding hydrogens is 240 g/mol. The van der Waals surface area contributed by atoms with Crippen LogP contribution >= 0.6 is 0 Å². The molecule has 1 unspecified atom stereocenters. The first kappa shape index (κ1) is 12.3. The first-order valence-electron chi connectivity index (χ1n) is 6.81. The first-order valence-corrected chi connectivity index (χ1v) is 6.81. The highest BCUT2D eigenvalue weighted by Gasteiger charge is 2.22. The van der Waals surface area contributed by atoms with Gasteiger partial charge in [-0.1, -0.05) is 25.1 Å². The Morgan fingerprint density at radius 3 is 2.95 bits per heavy atom. The van der Waals surface area contributed by atoms with E-state index in [4.69, 9.17) is 9.15 Å². The zero-order valence-corrected chi connectivity index (χ0v) is 11.1. The second-order valence-corrected chi connectivity index (χ2v) is 4.85. The Kier molecular flexibility index (Phi) is 3.30. The summed E-state index contributed by atoms with van der Waals surface area (Å²) in [5.41, 5.74) is 1.97. The fourth-order valence-electron chi connectivity index (χ4n) is 2.51. The molecule has 3 nitrogen and oxygen atoms in total. The van der Waals surface area contributed by atoms with Gasteiger partial charge in [0.2, 0.25) is 0 Å². The van der Waals surface area contributed by atoms with E-state index in [0.717, 1.165) is 42.9 Å². The third-order valence-electron chi connectivity index (χ3n) is 3.56. The molecule has 0 saturated heterocycles. The Labute approximate surface area is 112 Å². The summed E-state index contributed by atoms with van der Waals surface area (Å²) >= 11 is 0. The largest absolute Gasteiger partial charge is 0.493 e.